The number of piperazine rings is 1. The molecule has 5 heteroatoms. The molecule has 1 saturated heterocycles. The van der Waals surface area contributed by atoms with Crippen molar-refractivity contribution >= 4 is 11.9 Å². The van der Waals surface area contributed by atoms with Crippen LogP contribution < -0.4 is 0 Å². The van der Waals surface area contributed by atoms with Gasteiger partial charge in [-0.25, -0.2) is 4.79 Å². The summed E-state index contributed by atoms with van der Waals surface area (Å²) in [6, 6.07) is 9.65. The monoisotopic (exact) mass is 262 g/mol. The standard InChI is InChI=1S/C14H18N2O3/c1-15-8-9-16(13(17)14(18)19-2)12(10-15)11-6-4-3-5-7-11/h3-7,12H,8-10H2,1-2H3. The van der Waals surface area contributed by atoms with Crippen LogP contribution in [0.1, 0.15) is 11.6 Å². The number of amides is 1. The maximum absolute atomic E-state index is 12.1. The Morgan fingerprint density at radius 1 is 1.21 bits per heavy atom. The van der Waals surface area contributed by atoms with Gasteiger partial charge < -0.3 is 14.5 Å². The van der Waals surface area contributed by atoms with E-state index in [1.165, 1.54) is 7.11 Å². The summed E-state index contributed by atoms with van der Waals surface area (Å²) in [4.78, 5) is 27.2. The van der Waals surface area contributed by atoms with Crippen LogP contribution >= 0.6 is 0 Å². The Labute approximate surface area is 112 Å². The van der Waals surface area contributed by atoms with E-state index in [1.807, 2.05) is 37.4 Å². The minimum absolute atomic E-state index is 0.105. The van der Waals surface area contributed by atoms with Gasteiger partial charge in [0.15, 0.2) is 0 Å². The van der Waals surface area contributed by atoms with Crippen LogP contribution in [0.15, 0.2) is 30.3 Å². The highest BCUT2D eigenvalue weighted by Gasteiger charge is 2.33. The predicted molar refractivity (Wildman–Crippen MR) is 70.4 cm³/mol. The minimum atomic E-state index is -0.800. The Hall–Kier alpha value is -1.88. The second-order valence-electron chi connectivity index (χ2n) is 4.68. The third kappa shape index (κ3) is 2.93. The lowest BCUT2D eigenvalue weighted by atomic mass is 10.0. The fourth-order valence-corrected chi connectivity index (χ4v) is 2.33. The molecular formula is C14H18N2O3. The number of carbonyl (C=O) groups excluding carboxylic acids is 2. The van der Waals surface area contributed by atoms with E-state index in [1.54, 1.807) is 4.90 Å². The van der Waals surface area contributed by atoms with Gasteiger partial charge in [-0.2, -0.15) is 0 Å². The van der Waals surface area contributed by atoms with Crippen molar-refractivity contribution in [2.75, 3.05) is 33.8 Å². The van der Waals surface area contributed by atoms with E-state index in [-0.39, 0.29) is 6.04 Å². The zero-order chi connectivity index (χ0) is 13.8. The maximum Gasteiger partial charge on any atom is 0.396 e. The predicted octanol–water partition coefficient (Wildman–Crippen LogP) is 0.675. The lowest BCUT2D eigenvalue weighted by Crippen LogP contribution is -2.51. The van der Waals surface area contributed by atoms with Gasteiger partial charge >= 0.3 is 11.9 Å². The number of nitrogens with zero attached hydrogens (tertiary/aromatic N) is 2. The molecule has 1 amide bonds. The summed E-state index contributed by atoms with van der Waals surface area (Å²) in [5.41, 5.74) is 1.03. The maximum atomic E-state index is 12.1. The second kappa shape index (κ2) is 5.84. The minimum Gasteiger partial charge on any atom is -0.462 e. The van der Waals surface area contributed by atoms with E-state index in [9.17, 15) is 9.59 Å². The van der Waals surface area contributed by atoms with Crippen molar-refractivity contribution in [1.29, 1.82) is 0 Å². The van der Waals surface area contributed by atoms with Gasteiger partial charge in [-0.15, -0.1) is 0 Å². The first-order valence-electron chi connectivity index (χ1n) is 6.26. The number of esters is 1. The Bertz CT molecular complexity index is 461. The van der Waals surface area contributed by atoms with Crippen molar-refractivity contribution in [3.05, 3.63) is 35.9 Å². The van der Waals surface area contributed by atoms with Gasteiger partial charge in [-0.1, -0.05) is 30.3 Å². The van der Waals surface area contributed by atoms with Crippen molar-refractivity contribution in [3.8, 4) is 0 Å². The molecule has 1 heterocycles. The number of carbonyl (C=O) groups is 2. The van der Waals surface area contributed by atoms with Crippen LogP contribution in [0.3, 0.4) is 0 Å². The van der Waals surface area contributed by atoms with Gasteiger partial charge in [0.25, 0.3) is 0 Å². The molecule has 1 fully saturated rings. The summed E-state index contributed by atoms with van der Waals surface area (Å²) >= 11 is 0. The van der Waals surface area contributed by atoms with Crippen molar-refractivity contribution in [2.45, 2.75) is 6.04 Å². The molecule has 0 spiro atoms. The average Bonchev–Trinajstić information content (AvgIpc) is 2.46. The summed E-state index contributed by atoms with van der Waals surface area (Å²) in [6.07, 6.45) is 0. The molecule has 5 nitrogen and oxygen atoms in total. The molecule has 19 heavy (non-hydrogen) atoms. The normalized spacial score (nSPS) is 20.1. The van der Waals surface area contributed by atoms with Crippen LogP contribution in [0.4, 0.5) is 0 Å². The molecule has 0 radical (unpaired) electrons. The third-order valence-electron chi connectivity index (χ3n) is 3.39. The van der Waals surface area contributed by atoms with E-state index in [0.29, 0.717) is 13.1 Å². The second-order valence-corrected chi connectivity index (χ2v) is 4.68. The molecule has 0 saturated carbocycles. The van der Waals surface area contributed by atoms with Gasteiger partial charge in [-0.05, 0) is 12.6 Å². The zero-order valence-corrected chi connectivity index (χ0v) is 11.2. The highest BCUT2D eigenvalue weighted by atomic mass is 16.5. The molecule has 0 aliphatic carbocycles. The van der Waals surface area contributed by atoms with Crippen molar-refractivity contribution in [2.24, 2.45) is 0 Å². The highest BCUT2D eigenvalue weighted by Crippen LogP contribution is 2.24. The number of ether oxygens (including phenoxy) is 1. The number of likely N-dealkylation sites (N-methyl/N-ethyl adjacent to an activating group) is 1. The van der Waals surface area contributed by atoms with Crippen molar-refractivity contribution in [1.82, 2.24) is 9.80 Å². The Balaban J connectivity index is 2.25. The number of hydrogen-bond donors (Lipinski definition) is 0. The Kier molecular flexibility index (Phi) is 4.16. The van der Waals surface area contributed by atoms with Crippen molar-refractivity contribution < 1.29 is 14.3 Å². The SMILES string of the molecule is COC(=O)C(=O)N1CCN(C)CC1c1ccccc1. The van der Waals surface area contributed by atoms with E-state index in [0.717, 1.165) is 12.1 Å². The van der Waals surface area contributed by atoms with Gasteiger partial charge in [0.1, 0.15) is 0 Å². The average molecular weight is 262 g/mol. The fourth-order valence-electron chi connectivity index (χ4n) is 2.33. The van der Waals surface area contributed by atoms with Crippen LogP contribution in [-0.2, 0) is 14.3 Å². The summed E-state index contributed by atoms with van der Waals surface area (Å²) in [7, 11) is 3.24. The summed E-state index contributed by atoms with van der Waals surface area (Å²) in [5, 5.41) is 0. The molecule has 2 rings (SSSR count). The van der Waals surface area contributed by atoms with Gasteiger partial charge in [-0.3, -0.25) is 4.79 Å². The molecule has 0 aromatic heterocycles. The molecular weight excluding hydrogens is 244 g/mol. The first kappa shape index (κ1) is 13.5. The molecule has 1 unspecified atom stereocenters. The van der Waals surface area contributed by atoms with Crippen LogP contribution in [0, 0.1) is 0 Å². The molecule has 1 aliphatic heterocycles. The zero-order valence-electron chi connectivity index (χ0n) is 11.2. The molecule has 1 aromatic carbocycles. The molecule has 1 atom stereocenters. The molecule has 0 N–H and O–H groups in total. The number of benzene rings is 1. The van der Waals surface area contributed by atoms with Gasteiger partial charge in [0.05, 0.1) is 13.2 Å². The number of hydrogen-bond acceptors (Lipinski definition) is 4. The topological polar surface area (TPSA) is 49.9 Å². The molecule has 102 valence electrons. The number of rotatable bonds is 1. The van der Waals surface area contributed by atoms with Crippen LogP contribution in [-0.4, -0.2) is 55.5 Å². The summed E-state index contributed by atoms with van der Waals surface area (Å²) in [6.45, 7) is 2.00. The first-order chi connectivity index (χ1) is 9.13. The lowest BCUT2D eigenvalue weighted by Gasteiger charge is -2.39. The smallest absolute Gasteiger partial charge is 0.396 e. The number of methoxy groups -OCH3 is 1. The summed E-state index contributed by atoms with van der Waals surface area (Å²) in [5.74, 6) is -1.37. The highest BCUT2D eigenvalue weighted by molar-refractivity contribution is 6.32. The molecule has 1 aliphatic rings. The van der Waals surface area contributed by atoms with E-state index in [4.69, 9.17) is 0 Å². The quantitative estimate of drug-likeness (QED) is 0.551. The van der Waals surface area contributed by atoms with Crippen molar-refractivity contribution in [3.63, 3.8) is 0 Å². The lowest BCUT2D eigenvalue weighted by molar-refractivity contribution is -0.160. The third-order valence-corrected chi connectivity index (χ3v) is 3.39. The first-order valence-corrected chi connectivity index (χ1v) is 6.26. The van der Waals surface area contributed by atoms with Crippen LogP contribution in [0.25, 0.3) is 0 Å². The van der Waals surface area contributed by atoms with Crippen LogP contribution in [0.2, 0.25) is 0 Å². The van der Waals surface area contributed by atoms with E-state index < -0.39 is 11.9 Å². The molecule has 1 aromatic rings. The molecule has 0 bridgehead atoms. The van der Waals surface area contributed by atoms with E-state index in [2.05, 4.69) is 9.64 Å². The van der Waals surface area contributed by atoms with Crippen LogP contribution in [0.5, 0.6) is 0 Å². The Morgan fingerprint density at radius 2 is 1.89 bits per heavy atom. The Morgan fingerprint density at radius 3 is 2.53 bits per heavy atom. The van der Waals surface area contributed by atoms with E-state index >= 15 is 0 Å². The van der Waals surface area contributed by atoms with Gasteiger partial charge in [0, 0.05) is 19.6 Å². The van der Waals surface area contributed by atoms with Gasteiger partial charge in [0.2, 0.25) is 0 Å². The fraction of sp³-hybridized carbons (Fsp3) is 0.429. The largest absolute Gasteiger partial charge is 0.462 e. The summed E-state index contributed by atoms with van der Waals surface area (Å²) < 4.78 is 4.53.